The van der Waals surface area contributed by atoms with Crippen molar-refractivity contribution in [3.63, 3.8) is 0 Å². The third-order valence-electron chi connectivity index (χ3n) is 2.08. The molecular weight excluding hydrogens is 167 g/mol. The molecule has 0 aromatic rings. The zero-order valence-electron chi connectivity index (χ0n) is 7.03. The molecule has 72 valence electrons. The molecule has 0 radical (unpaired) electrons. The van der Waals surface area contributed by atoms with Gasteiger partial charge in [0, 0.05) is 7.11 Å². The molecule has 1 saturated heterocycles. The number of halogens is 1. The van der Waals surface area contributed by atoms with Gasteiger partial charge < -0.3 is 19.7 Å². The summed E-state index contributed by atoms with van der Waals surface area (Å²) in [5.41, 5.74) is -1.96. The molecule has 1 aliphatic heterocycles. The van der Waals surface area contributed by atoms with Crippen LogP contribution >= 0.6 is 0 Å². The molecule has 0 spiro atoms. The predicted octanol–water partition coefficient (Wildman–Crippen LogP) is -0.561. The summed E-state index contributed by atoms with van der Waals surface area (Å²) < 4.78 is 23.0. The van der Waals surface area contributed by atoms with E-state index >= 15 is 0 Å². The lowest BCUT2D eigenvalue weighted by molar-refractivity contribution is -0.163. The number of alkyl halides is 1. The van der Waals surface area contributed by atoms with E-state index in [1.807, 2.05) is 0 Å². The molecule has 0 aliphatic carbocycles. The van der Waals surface area contributed by atoms with Gasteiger partial charge in [0.2, 0.25) is 0 Å². The number of hydrogen-bond donors (Lipinski definition) is 2. The predicted molar refractivity (Wildman–Crippen MR) is 38.3 cm³/mol. The van der Waals surface area contributed by atoms with E-state index < -0.39 is 30.8 Å². The summed E-state index contributed by atoms with van der Waals surface area (Å²) in [6, 6.07) is 0. The Morgan fingerprint density at radius 2 is 2.25 bits per heavy atom. The van der Waals surface area contributed by atoms with Crippen molar-refractivity contribution < 1.29 is 24.1 Å². The van der Waals surface area contributed by atoms with Crippen molar-refractivity contribution in [3.05, 3.63) is 0 Å². The lowest BCUT2D eigenvalue weighted by atomic mass is 10.00. The Balaban J connectivity index is 2.73. The van der Waals surface area contributed by atoms with Crippen LogP contribution in [0.4, 0.5) is 4.39 Å². The van der Waals surface area contributed by atoms with Gasteiger partial charge in [0.1, 0.15) is 12.2 Å². The Morgan fingerprint density at radius 1 is 1.67 bits per heavy atom. The monoisotopic (exact) mass is 180 g/mol. The van der Waals surface area contributed by atoms with Crippen LogP contribution in [0.2, 0.25) is 0 Å². The molecule has 0 aromatic carbocycles. The number of aliphatic hydroxyl groups is 2. The second kappa shape index (κ2) is 3.26. The van der Waals surface area contributed by atoms with Gasteiger partial charge in [-0.05, 0) is 6.92 Å². The minimum atomic E-state index is -1.96. The molecule has 0 bridgehead atoms. The summed E-state index contributed by atoms with van der Waals surface area (Å²) in [6.07, 6.45) is -3.35. The van der Waals surface area contributed by atoms with E-state index in [1.54, 1.807) is 0 Å². The van der Waals surface area contributed by atoms with Gasteiger partial charge in [-0.25, -0.2) is 4.39 Å². The van der Waals surface area contributed by atoms with Gasteiger partial charge in [0.25, 0.3) is 0 Å². The Kier molecular flexibility index (Phi) is 2.67. The van der Waals surface area contributed by atoms with E-state index in [0.717, 1.165) is 0 Å². The minimum absolute atomic E-state index is 0.416. The van der Waals surface area contributed by atoms with Gasteiger partial charge in [-0.2, -0.15) is 0 Å². The third kappa shape index (κ3) is 1.33. The normalized spacial score (nSPS) is 48.2. The standard InChI is InChI=1S/C7H13FO4/c1-7(8)5(10)4(3-9)12-6(7)11-2/h4-6,9-10H,3H2,1-2H3/t4-,5-,6-,7-/m1/s1. The van der Waals surface area contributed by atoms with E-state index in [4.69, 9.17) is 9.84 Å². The molecule has 0 amide bonds. The fraction of sp³-hybridized carbons (Fsp3) is 1.00. The Labute approximate surface area is 69.9 Å². The van der Waals surface area contributed by atoms with E-state index in [0.29, 0.717) is 0 Å². The van der Waals surface area contributed by atoms with Crippen LogP contribution in [0.25, 0.3) is 0 Å². The molecule has 1 fully saturated rings. The fourth-order valence-electron chi connectivity index (χ4n) is 1.30. The Hall–Kier alpha value is -0.230. The summed E-state index contributed by atoms with van der Waals surface area (Å²) >= 11 is 0. The van der Waals surface area contributed by atoms with Crippen LogP contribution in [0.1, 0.15) is 6.92 Å². The summed E-state index contributed by atoms with van der Waals surface area (Å²) in [4.78, 5) is 0. The highest BCUT2D eigenvalue weighted by molar-refractivity contribution is 4.97. The van der Waals surface area contributed by atoms with Gasteiger partial charge in [-0.1, -0.05) is 0 Å². The van der Waals surface area contributed by atoms with Crippen molar-refractivity contribution in [2.24, 2.45) is 0 Å². The average molecular weight is 180 g/mol. The van der Waals surface area contributed by atoms with Crippen LogP contribution < -0.4 is 0 Å². The van der Waals surface area contributed by atoms with E-state index in [9.17, 15) is 9.50 Å². The molecule has 1 aliphatic rings. The van der Waals surface area contributed by atoms with Gasteiger partial charge in [0.15, 0.2) is 12.0 Å². The largest absolute Gasteiger partial charge is 0.394 e. The number of ether oxygens (including phenoxy) is 2. The van der Waals surface area contributed by atoms with Crippen molar-refractivity contribution in [1.29, 1.82) is 0 Å². The molecule has 4 atom stereocenters. The molecule has 12 heavy (non-hydrogen) atoms. The molecular formula is C7H13FO4. The second-order valence-corrected chi connectivity index (χ2v) is 3.02. The average Bonchev–Trinajstić information content (AvgIpc) is 2.25. The molecule has 2 N–H and O–H groups in total. The number of methoxy groups -OCH3 is 1. The maximum absolute atomic E-state index is 13.5. The van der Waals surface area contributed by atoms with Crippen LogP contribution in [0.15, 0.2) is 0 Å². The maximum atomic E-state index is 13.5. The lowest BCUT2D eigenvalue weighted by Gasteiger charge is -2.21. The van der Waals surface area contributed by atoms with Crippen molar-refractivity contribution >= 4 is 0 Å². The Morgan fingerprint density at radius 3 is 2.50 bits per heavy atom. The number of aliphatic hydroxyl groups excluding tert-OH is 2. The summed E-state index contributed by atoms with van der Waals surface area (Å²) in [7, 11) is 1.29. The first kappa shape index (κ1) is 9.85. The van der Waals surface area contributed by atoms with E-state index in [2.05, 4.69) is 4.74 Å². The first-order valence-electron chi connectivity index (χ1n) is 3.70. The lowest BCUT2D eigenvalue weighted by Crippen LogP contribution is -2.42. The quantitative estimate of drug-likeness (QED) is 0.598. The fourth-order valence-corrected chi connectivity index (χ4v) is 1.30. The van der Waals surface area contributed by atoms with Crippen LogP contribution in [-0.4, -0.2) is 48.1 Å². The second-order valence-electron chi connectivity index (χ2n) is 3.02. The molecule has 1 heterocycles. The Bertz CT molecular complexity index is 157. The molecule has 0 saturated carbocycles. The van der Waals surface area contributed by atoms with Crippen LogP contribution in [-0.2, 0) is 9.47 Å². The van der Waals surface area contributed by atoms with Crippen molar-refractivity contribution in [2.45, 2.75) is 31.1 Å². The number of hydrogen-bond acceptors (Lipinski definition) is 4. The topological polar surface area (TPSA) is 58.9 Å². The smallest absolute Gasteiger partial charge is 0.194 e. The van der Waals surface area contributed by atoms with Gasteiger partial charge in [-0.15, -0.1) is 0 Å². The molecule has 1 rings (SSSR count). The maximum Gasteiger partial charge on any atom is 0.194 e. The van der Waals surface area contributed by atoms with Crippen LogP contribution in [0, 0.1) is 0 Å². The molecule has 0 unspecified atom stereocenters. The third-order valence-corrected chi connectivity index (χ3v) is 2.08. The number of rotatable bonds is 2. The van der Waals surface area contributed by atoms with E-state index in [1.165, 1.54) is 14.0 Å². The molecule has 5 heteroatoms. The van der Waals surface area contributed by atoms with Gasteiger partial charge >= 0.3 is 0 Å². The first-order valence-corrected chi connectivity index (χ1v) is 3.70. The van der Waals surface area contributed by atoms with Crippen molar-refractivity contribution in [1.82, 2.24) is 0 Å². The highest BCUT2D eigenvalue weighted by Crippen LogP contribution is 2.34. The van der Waals surface area contributed by atoms with Crippen molar-refractivity contribution in [3.8, 4) is 0 Å². The SMILES string of the molecule is CO[C@@H]1O[C@H](CO)[C@@H](O)[C@@]1(C)F. The van der Waals surface area contributed by atoms with Gasteiger partial charge in [-0.3, -0.25) is 0 Å². The zero-order valence-corrected chi connectivity index (χ0v) is 7.03. The zero-order chi connectivity index (χ0) is 9.35. The van der Waals surface area contributed by atoms with Gasteiger partial charge in [0.05, 0.1) is 6.61 Å². The summed E-state index contributed by atoms with van der Waals surface area (Å²) in [6.45, 7) is 0.766. The molecule has 4 nitrogen and oxygen atoms in total. The summed E-state index contributed by atoms with van der Waals surface area (Å²) in [5, 5.41) is 18.0. The minimum Gasteiger partial charge on any atom is -0.394 e. The highest BCUT2D eigenvalue weighted by atomic mass is 19.1. The summed E-state index contributed by atoms with van der Waals surface area (Å²) in [5.74, 6) is 0. The van der Waals surface area contributed by atoms with Crippen LogP contribution in [0.5, 0.6) is 0 Å². The van der Waals surface area contributed by atoms with Crippen LogP contribution in [0.3, 0.4) is 0 Å². The first-order chi connectivity index (χ1) is 5.54. The van der Waals surface area contributed by atoms with Crippen molar-refractivity contribution in [2.75, 3.05) is 13.7 Å². The molecule has 0 aromatic heterocycles. The van der Waals surface area contributed by atoms with E-state index in [-0.39, 0.29) is 0 Å². The highest BCUT2D eigenvalue weighted by Gasteiger charge is 2.54.